The largest absolute Gasteiger partial charge is 0.476 e. The zero-order valence-corrected chi connectivity index (χ0v) is 12.1. The van der Waals surface area contributed by atoms with Gasteiger partial charge < -0.3 is 5.11 Å². The SMILES string of the molecule is CSC(=Nc1ccc(-n2ccc(C(=O)O)n2)c(F)c1)NC#N. The van der Waals surface area contributed by atoms with Crippen LogP contribution >= 0.6 is 11.8 Å². The fourth-order valence-electron chi connectivity index (χ4n) is 1.61. The van der Waals surface area contributed by atoms with Gasteiger partial charge in [-0.2, -0.15) is 10.4 Å². The molecule has 112 valence electrons. The highest BCUT2D eigenvalue weighted by Crippen LogP contribution is 2.21. The lowest BCUT2D eigenvalue weighted by Gasteiger charge is -2.05. The molecule has 7 nitrogen and oxygen atoms in total. The van der Waals surface area contributed by atoms with Crippen LogP contribution in [0.2, 0.25) is 0 Å². The van der Waals surface area contributed by atoms with E-state index in [0.717, 1.165) is 4.68 Å². The van der Waals surface area contributed by atoms with Crippen LogP contribution in [-0.2, 0) is 0 Å². The van der Waals surface area contributed by atoms with Crippen LogP contribution in [0.1, 0.15) is 10.5 Å². The van der Waals surface area contributed by atoms with Crippen LogP contribution in [0.15, 0.2) is 35.5 Å². The second kappa shape index (κ2) is 6.73. The molecular weight excluding hydrogens is 309 g/mol. The predicted octanol–water partition coefficient (Wildman–Crippen LogP) is 2.13. The van der Waals surface area contributed by atoms with Crippen molar-refractivity contribution >= 4 is 28.6 Å². The first-order valence-corrected chi connectivity index (χ1v) is 7.14. The third-order valence-corrected chi connectivity index (χ3v) is 3.15. The van der Waals surface area contributed by atoms with E-state index in [1.54, 1.807) is 12.4 Å². The Bertz CT molecular complexity index is 781. The van der Waals surface area contributed by atoms with E-state index in [9.17, 15) is 9.18 Å². The summed E-state index contributed by atoms with van der Waals surface area (Å²) in [6, 6.07) is 5.41. The molecule has 0 saturated carbocycles. The van der Waals surface area contributed by atoms with E-state index in [2.05, 4.69) is 15.4 Å². The maximum Gasteiger partial charge on any atom is 0.356 e. The Morgan fingerprint density at radius 1 is 1.55 bits per heavy atom. The van der Waals surface area contributed by atoms with Crippen LogP contribution in [-0.4, -0.2) is 32.3 Å². The summed E-state index contributed by atoms with van der Waals surface area (Å²) in [6.45, 7) is 0. The monoisotopic (exact) mass is 319 g/mol. The number of amidine groups is 1. The number of carbonyl (C=O) groups is 1. The molecule has 0 atom stereocenters. The molecule has 0 unspecified atom stereocenters. The summed E-state index contributed by atoms with van der Waals surface area (Å²) < 4.78 is 15.3. The molecule has 1 aromatic carbocycles. The molecule has 0 aliphatic rings. The van der Waals surface area contributed by atoms with Gasteiger partial charge >= 0.3 is 5.97 Å². The molecule has 1 heterocycles. The smallest absolute Gasteiger partial charge is 0.356 e. The molecule has 0 bridgehead atoms. The van der Waals surface area contributed by atoms with Crippen LogP contribution in [0.3, 0.4) is 0 Å². The average Bonchev–Trinajstić information content (AvgIpc) is 2.96. The summed E-state index contributed by atoms with van der Waals surface area (Å²) in [4.78, 5) is 14.9. The van der Waals surface area contributed by atoms with Crippen LogP contribution in [0.4, 0.5) is 10.1 Å². The number of benzene rings is 1. The highest BCUT2D eigenvalue weighted by atomic mass is 32.2. The third-order valence-electron chi connectivity index (χ3n) is 2.57. The minimum absolute atomic E-state index is 0.102. The Labute approximate surface area is 129 Å². The molecule has 22 heavy (non-hydrogen) atoms. The Morgan fingerprint density at radius 3 is 2.86 bits per heavy atom. The molecule has 0 aliphatic carbocycles. The molecule has 2 N–H and O–H groups in total. The zero-order chi connectivity index (χ0) is 16.1. The Balaban J connectivity index is 2.33. The number of rotatable bonds is 3. The number of nitriles is 1. The van der Waals surface area contributed by atoms with Crippen LogP contribution in [0.25, 0.3) is 5.69 Å². The van der Waals surface area contributed by atoms with Crippen LogP contribution in [0, 0.1) is 17.3 Å². The van der Waals surface area contributed by atoms with Crippen LogP contribution < -0.4 is 5.32 Å². The Kier molecular flexibility index (Phi) is 4.75. The number of hydrogen-bond donors (Lipinski definition) is 2. The highest BCUT2D eigenvalue weighted by Gasteiger charge is 2.11. The van der Waals surface area contributed by atoms with Crippen molar-refractivity contribution < 1.29 is 14.3 Å². The molecule has 0 aliphatic heterocycles. The van der Waals surface area contributed by atoms with Gasteiger partial charge in [0.2, 0.25) is 0 Å². The minimum atomic E-state index is -1.19. The van der Waals surface area contributed by atoms with Crippen molar-refractivity contribution in [3.8, 4) is 11.9 Å². The summed E-state index contributed by atoms with van der Waals surface area (Å²) in [7, 11) is 0. The third kappa shape index (κ3) is 3.42. The number of aliphatic imine (C=N–C) groups is 1. The number of carboxylic acids is 1. The molecule has 1 aromatic heterocycles. The van der Waals surface area contributed by atoms with E-state index in [-0.39, 0.29) is 11.4 Å². The standard InChI is InChI=1S/C13H10FN5O2S/c1-22-13(16-7-15)17-8-2-3-11(9(14)6-8)19-5-4-10(18-19)12(20)21/h2-6H,1H3,(H,16,17)(H,20,21). The number of aromatic carboxylic acids is 1. The summed E-state index contributed by atoms with van der Waals surface area (Å²) in [5.74, 6) is -1.80. The lowest BCUT2D eigenvalue weighted by atomic mass is 10.2. The molecule has 0 saturated heterocycles. The maximum absolute atomic E-state index is 14.1. The summed E-state index contributed by atoms with van der Waals surface area (Å²) in [5.41, 5.74) is 0.244. The topological polar surface area (TPSA) is 103 Å². The zero-order valence-electron chi connectivity index (χ0n) is 11.3. The van der Waals surface area contributed by atoms with E-state index < -0.39 is 11.8 Å². The molecule has 0 amide bonds. The van der Waals surface area contributed by atoms with Gasteiger partial charge in [-0.15, -0.1) is 0 Å². The fraction of sp³-hybridized carbons (Fsp3) is 0.0769. The molecule has 0 radical (unpaired) electrons. The first kappa shape index (κ1) is 15.5. The number of nitrogens with one attached hydrogen (secondary N) is 1. The van der Waals surface area contributed by atoms with Gasteiger partial charge in [0.05, 0.1) is 5.69 Å². The van der Waals surface area contributed by atoms with Gasteiger partial charge in [-0.1, -0.05) is 11.8 Å². The predicted molar refractivity (Wildman–Crippen MR) is 79.8 cm³/mol. The van der Waals surface area contributed by atoms with Crippen molar-refractivity contribution in [1.29, 1.82) is 5.26 Å². The molecule has 9 heteroatoms. The van der Waals surface area contributed by atoms with E-state index in [4.69, 9.17) is 10.4 Å². The van der Waals surface area contributed by atoms with Gasteiger partial charge in [0, 0.05) is 12.3 Å². The van der Waals surface area contributed by atoms with E-state index >= 15 is 0 Å². The number of thioether (sulfide) groups is 1. The average molecular weight is 319 g/mol. The van der Waals surface area contributed by atoms with Gasteiger partial charge in [-0.05, 0) is 24.5 Å². The number of nitrogens with zero attached hydrogens (tertiary/aromatic N) is 4. The molecule has 0 fully saturated rings. The lowest BCUT2D eigenvalue weighted by Crippen LogP contribution is -2.12. The summed E-state index contributed by atoms with van der Waals surface area (Å²) in [6.07, 6.45) is 4.82. The highest BCUT2D eigenvalue weighted by molar-refractivity contribution is 8.13. The summed E-state index contributed by atoms with van der Waals surface area (Å²) >= 11 is 1.21. The molecule has 0 spiro atoms. The van der Waals surface area contributed by atoms with Crippen molar-refractivity contribution in [2.24, 2.45) is 4.99 Å². The van der Waals surface area contributed by atoms with E-state index in [1.807, 2.05) is 0 Å². The second-order valence-electron chi connectivity index (χ2n) is 3.94. The van der Waals surface area contributed by atoms with Crippen molar-refractivity contribution in [3.63, 3.8) is 0 Å². The number of carboxylic acid groups (broad SMARTS) is 1. The van der Waals surface area contributed by atoms with Gasteiger partial charge in [-0.3, -0.25) is 5.32 Å². The van der Waals surface area contributed by atoms with E-state index in [0.29, 0.717) is 10.9 Å². The van der Waals surface area contributed by atoms with Crippen LogP contribution in [0.5, 0.6) is 0 Å². The van der Waals surface area contributed by atoms with Gasteiger partial charge in [0.25, 0.3) is 0 Å². The molecule has 2 rings (SSSR count). The van der Waals surface area contributed by atoms with Gasteiger partial charge in [-0.25, -0.2) is 18.9 Å². The number of aromatic nitrogens is 2. The first-order chi connectivity index (χ1) is 10.5. The second-order valence-corrected chi connectivity index (χ2v) is 4.74. The fourth-order valence-corrected chi connectivity index (χ4v) is 1.96. The van der Waals surface area contributed by atoms with Crippen molar-refractivity contribution in [3.05, 3.63) is 42.0 Å². The molecule has 2 aromatic rings. The van der Waals surface area contributed by atoms with Crippen molar-refractivity contribution in [1.82, 2.24) is 15.1 Å². The van der Waals surface area contributed by atoms with Gasteiger partial charge in [0.15, 0.2) is 22.9 Å². The number of hydrogen-bond acceptors (Lipinski definition) is 5. The minimum Gasteiger partial charge on any atom is -0.476 e. The normalized spacial score (nSPS) is 11.0. The van der Waals surface area contributed by atoms with Crippen molar-refractivity contribution in [2.45, 2.75) is 0 Å². The van der Waals surface area contributed by atoms with E-state index in [1.165, 1.54) is 42.2 Å². The maximum atomic E-state index is 14.1. The lowest BCUT2D eigenvalue weighted by molar-refractivity contribution is 0.0690. The van der Waals surface area contributed by atoms with Crippen molar-refractivity contribution in [2.75, 3.05) is 6.26 Å². The quantitative estimate of drug-likeness (QED) is 0.389. The van der Waals surface area contributed by atoms with Gasteiger partial charge in [0.1, 0.15) is 5.69 Å². The Hall–Kier alpha value is -2.86. The molecular formula is C13H10FN5O2S. The number of halogens is 1. The first-order valence-electron chi connectivity index (χ1n) is 5.92. The Morgan fingerprint density at radius 2 is 2.32 bits per heavy atom. The summed E-state index contributed by atoms with van der Waals surface area (Å²) in [5, 5.41) is 23.8.